The monoisotopic (exact) mass is 422 g/mol. The Kier molecular flexibility index (Phi) is 6.85. The molecule has 0 saturated carbocycles. The van der Waals surface area contributed by atoms with Crippen molar-refractivity contribution in [1.82, 2.24) is 5.32 Å². The van der Waals surface area contributed by atoms with E-state index in [-0.39, 0.29) is 24.4 Å². The van der Waals surface area contributed by atoms with Crippen molar-refractivity contribution >= 4 is 39.4 Å². The molecule has 0 bridgehead atoms. The molecular formula is C18H16BrFN2O4. The van der Waals surface area contributed by atoms with Crippen LogP contribution in [0.4, 0.5) is 10.1 Å². The molecule has 0 aliphatic rings. The quantitative estimate of drug-likeness (QED) is 0.552. The van der Waals surface area contributed by atoms with Gasteiger partial charge in [0, 0.05) is 23.6 Å². The van der Waals surface area contributed by atoms with Crippen LogP contribution in [0.25, 0.3) is 0 Å². The Hall–Kier alpha value is -2.74. The molecule has 2 rings (SSSR count). The van der Waals surface area contributed by atoms with Crippen LogP contribution in [-0.2, 0) is 9.59 Å². The summed E-state index contributed by atoms with van der Waals surface area (Å²) in [4.78, 5) is 34.7. The first-order valence-corrected chi connectivity index (χ1v) is 8.46. The number of rotatable bonds is 6. The van der Waals surface area contributed by atoms with Crippen LogP contribution in [0.2, 0.25) is 0 Å². The zero-order chi connectivity index (χ0) is 19.1. The normalized spacial score (nSPS) is 10.1. The molecule has 6 nitrogen and oxygen atoms in total. The zero-order valence-electron chi connectivity index (χ0n) is 13.8. The second-order valence-corrected chi connectivity index (χ2v) is 6.16. The Morgan fingerprint density at radius 1 is 1.12 bits per heavy atom. The molecule has 0 heterocycles. The first-order valence-electron chi connectivity index (χ1n) is 7.67. The van der Waals surface area contributed by atoms with Gasteiger partial charge in [-0.05, 0) is 58.4 Å². The number of carbonyl (C=O) groups excluding carboxylic acids is 3. The molecular weight excluding hydrogens is 407 g/mol. The summed E-state index contributed by atoms with van der Waals surface area (Å²) in [5.74, 6) is -1.43. The molecule has 0 radical (unpaired) electrons. The number of hydrogen-bond donors (Lipinski definition) is 2. The van der Waals surface area contributed by atoms with Crippen molar-refractivity contribution in [2.75, 3.05) is 11.9 Å². The first-order chi connectivity index (χ1) is 12.3. The summed E-state index contributed by atoms with van der Waals surface area (Å²) in [7, 11) is 0. The Labute approximate surface area is 157 Å². The highest BCUT2D eigenvalue weighted by molar-refractivity contribution is 9.10. The van der Waals surface area contributed by atoms with Gasteiger partial charge in [0.15, 0.2) is 0 Å². The van der Waals surface area contributed by atoms with E-state index < -0.39 is 17.7 Å². The van der Waals surface area contributed by atoms with E-state index in [4.69, 9.17) is 4.74 Å². The molecule has 2 aromatic carbocycles. The van der Waals surface area contributed by atoms with Gasteiger partial charge in [0.1, 0.15) is 11.6 Å². The smallest absolute Gasteiger partial charge is 0.312 e. The minimum Gasteiger partial charge on any atom is -0.426 e. The minimum absolute atomic E-state index is 0.0462. The van der Waals surface area contributed by atoms with Crippen molar-refractivity contribution in [3.8, 4) is 5.75 Å². The molecule has 0 saturated heterocycles. The number of carbonyl (C=O) groups is 3. The highest BCUT2D eigenvalue weighted by atomic mass is 79.9. The van der Waals surface area contributed by atoms with Crippen LogP contribution < -0.4 is 15.4 Å². The third kappa shape index (κ3) is 5.96. The molecule has 2 N–H and O–H groups in total. The summed E-state index contributed by atoms with van der Waals surface area (Å²) in [6.07, 6.45) is -0.0495. The number of nitrogens with one attached hydrogen (secondary N) is 2. The summed E-state index contributed by atoms with van der Waals surface area (Å²) >= 11 is 3.17. The van der Waals surface area contributed by atoms with Gasteiger partial charge in [0.05, 0.1) is 12.0 Å². The van der Waals surface area contributed by atoms with Crippen LogP contribution in [0.3, 0.4) is 0 Å². The highest BCUT2D eigenvalue weighted by Gasteiger charge is 2.12. The minimum atomic E-state index is -0.532. The predicted molar refractivity (Wildman–Crippen MR) is 97.4 cm³/mol. The second kappa shape index (κ2) is 9.10. The fourth-order valence-electron chi connectivity index (χ4n) is 2.04. The lowest BCUT2D eigenvalue weighted by atomic mass is 10.2. The number of anilines is 1. The molecule has 0 aliphatic carbocycles. The molecule has 26 heavy (non-hydrogen) atoms. The lowest BCUT2D eigenvalue weighted by molar-refractivity contribution is -0.134. The van der Waals surface area contributed by atoms with E-state index >= 15 is 0 Å². The molecule has 8 heteroatoms. The van der Waals surface area contributed by atoms with Gasteiger partial charge in [0.25, 0.3) is 5.91 Å². The lowest BCUT2D eigenvalue weighted by Gasteiger charge is -2.08. The number of halogens is 2. The summed E-state index contributed by atoms with van der Waals surface area (Å²) in [6, 6.07) is 10.1. The Bertz CT molecular complexity index is 824. The van der Waals surface area contributed by atoms with E-state index in [1.165, 1.54) is 19.1 Å². The van der Waals surface area contributed by atoms with Crippen molar-refractivity contribution in [3.05, 3.63) is 58.3 Å². The summed E-state index contributed by atoms with van der Waals surface area (Å²) in [5, 5.41) is 5.13. The van der Waals surface area contributed by atoms with Gasteiger partial charge in [0.2, 0.25) is 5.91 Å². The lowest BCUT2D eigenvalue weighted by Crippen LogP contribution is -2.27. The van der Waals surface area contributed by atoms with Crippen LogP contribution in [0.5, 0.6) is 5.75 Å². The molecule has 2 amide bonds. The van der Waals surface area contributed by atoms with Crippen molar-refractivity contribution in [2.45, 2.75) is 13.3 Å². The SMILES string of the molecule is CC(=O)Nc1ccc(OC(=O)CCNC(=O)c2cc(F)ccc2Br)cc1. The van der Waals surface area contributed by atoms with Gasteiger partial charge in [-0.2, -0.15) is 0 Å². The number of amides is 2. The summed E-state index contributed by atoms with van der Waals surface area (Å²) in [5.41, 5.74) is 0.733. The molecule has 0 spiro atoms. The van der Waals surface area contributed by atoms with Crippen LogP contribution in [-0.4, -0.2) is 24.3 Å². The standard InChI is InChI=1S/C18H16BrFN2O4/c1-11(23)22-13-3-5-14(6-4-13)26-17(24)8-9-21-18(25)15-10-12(20)2-7-16(15)19/h2-7,10H,8-9H2,1H3,(H,21,25)(H,22,23). The van der Waals surface area contributed by atoms with E-state index in [2.05, 4.69) is 26.6 Å². The Balaban J connectivity index is 1.80. The first kappa shape index (κ1) is 19.6. The van der Waals surface area contributed by atoms with Gasteiger partial charge in [-0.3, -0.25) is 14.4 Å². The molecule has 0 atom stereocenters. The van der Waals surface area contributed by atoms with Gasteiger partial charge < -0.3 is 15.4 Å². The van der Waals surface area contributed by atoms with Crippen LogP contribution in [0, 0.1) is 5.82 Å². The molecule has 0 aliphatic heterocycles. The number of benzene rings is 2. The Morgan fingerprint density at radius 3 is 2.46 bits per heavy atom. The number of esters is 1. The third-order valence-corrected chi connectivity index (χ3v) is 3.89. The van der Waals surface area contributed by atoms with Gasteiger partial charge in [-0.1, -0.05) is 0 Å². The van der Waals surface area contributed by atoms with Crippen LogP contribution in [0.15, 0.2) is 46.9 Å². The van der Waals surface area contributed by atoms with Gasteiger partial charge in [-0.25, -0.2) is 4.39 Å². The maximum Gasteiger partial charge on any atom is 0.312 e. The highest BCUT2D eigenvalue weighted by Crippen LogP contribution is 2.18. The molecule has 136 valence electrons. The van der Waals surface area contributed by atoms with E-state index in [9.17, 15) is 18.8 Å². The van der Waals surface area contributed by atoms with Gasteiger partial charge in [-0.15, -0.1) is 0 Å². The predicted octanol–water partition coefficient (Wildman–Crippen LogP) is 3.27. The topological polar surface area (TPSA) is 84.5 Å². The maximum atomic E-state index is 13.2. The van der Waals surface area contributed by atoms with Crippen molar-refractivity contribution in [1.29, 1.82) is 0 Å². The number of ether oxygens (including phenoxy) is 1. The number of hydrogen-bond acceptors (Lipinski definition) is 4. The third-order valence-electron chi connectivity index (χ3n) is 3.19. The average Bonchev–Trinajstić information content (AvgIpc) is 2.58. The average molecular weight is 423 g/mol. The fourth-order valence-corrected chi connectivity index (χ4v) is 2.46. The molecule has 0 aromatic heterocycles. The largest absolute Gasteiger partial charge is 0.426 e. The summed E-state index contributed by atoms with van der Waals surface area (Å²) in [6.45, 7) is 1.44. The van der Waals surface area contributed by atoms with E-state index in [0.717, 1.165) is 6.07 Å². The Morgan fingerprint density at radius 2 is 1.81 bits per heavy atom. The van der Waals surface area contributed by atoms with Crippen molar-refractivity contribution in [3.63, 3.8) is 0 Å². The van der Waals surface area contributed by atoms with E-state index in [0.29, 0.717) is 15.9 Å². The maximum absolute atomic E-state index is 13.2. The zero-order valence-corrected chi connectivity index (χ0v) is 15.4. The summed E-state index contributed by atoms with van der Waals surface area (Å²) < 4.78 is 18.8. The van der Waals surface area contributed by atoms with Crippen LogP contribution >= 0.6 is 15.9 Å². The molecule has 2 aromatic rings. The van der Waals surface area contributed by atoms with Crippen LogP contribution in [0.1, 0.15) is 23.7 Å². The second-order valence-electron chi connectivity index (χ2n) is 5.31. The van der Waals surface area contributed by atoms with Crippen molar-refractivity contribution < 1.29 is 23.5 Å². The van der Waals surface area contributed by atoms with E-state index in [1.54, 1.807) is 24.3 Å². The van der Waals surface area contributed by atoms with Gasteiger partial charge >= 0.3 is 5.97 Å². The fraction of sp³-hybridized carbons (Fsp3) is 0.167. The molecule has 0 fully saturated rings. The van der Waals surface area contributed by atoms with E-state index in [1.807, 2.05) is 0 Å². The van der Waals surface area contributed by atoms with Crippen molar-refractivity contribution in [2.24, 2.45) is 0 Å². The molecule has 0 unspecified atom stereocenters.